The number of carbonyl (C=O) groups is 1. The standard InChI is InChI=1S/C12H14FIN2O.ClH/c13-9-4-1-5-10(14)11(9)12(17)16-6-2-3-8(15)7-16;/h1,4-5,8H,2-3,6-7,15H2;1H. The second-order valence-corrected chi connectivity index (χ2v) is 5.41. The van der Waals surface area contributed by atoms with Crippen LogP contribution in [0.5, 0.6) is 0 Å². The van der Waals surface area contributed by atoms with E-state index in [0.29, 0.717) is 16.7 Å². The first-order chi connectivity index (χ1) is 8.09. The third-order valence-corrected chi connectivity index (χ3v) is 3.82. The van der Waals surface area contributed by atoms with Crippen molar-refractivity contribution < 1.29 is 9.18 Å². The number of benzene rings is 1. The first-order valence-corrected chi connectivity index (χ1v) is 6.66. The van der Waals surface area contributed by atoms with Gasteiger partial charge in [-0.25, -0.2) is 4.39 Å². The predicted octanol–water partition coefficient (Wildman–Crippen LogP) is 2.42. The molecule has 0 bridgehead atoms. The zero-order valence-corrected chi connectivity index (χ0v) is 12.7. The second kappa shape index (κ2) is 6.68. The summed E-state index contributed by atoms with van der Waals surface area (Å²) in [4.78, 5) is 13.9. The molecule has 1 saturated heterocycles. The molecule has 1 atom stereocenters. The number of amides is 1. The Hall–Kier alpha value is -0.400. The zero-order chi connectivity index (χ0) is 12.4. The monoisotopic (exact) mass is 384 g/mol. The first-order valence-electron chi connectivity index (χ1n) is 5.58. The fourth-order valence-electron chi connectivity index (χ4n) is 2.05. The Morgan fingerprint density at radius 1 is 1.50 bits per heavy atom. The van der Waals surface area contributed by atoms with Crippen molar-refractivity contribution in [2.75, 3.05) is 13.1 Å². The number of halogens is 3. The van der Waals surface area contributed by atoms with Crippen molar-refractivity contribution in [3.05, 3.63) is 33.1 Å². The van der Waals surface area contributed by atoms with Crippen molar-refractivity contribution >= 4 is 40.9 Å². The first kappa shape index (κ1) is 15.7. The topological polar surface area (TPSA) is 46.3 Å². The van der Waals surface area contributed by atoms with Gasteiger partial charge in [0.2, 0.25) is 0 Å². The van der Waals surface area contributed by atoms with E-state index in [1.54, 1.807) is 17.0 Å². The lowest BCUT2D eigenvalue weighted by atomic mass is 10.1. The van der Waals surface area contributed by atoms with Gasteiger partial charge < -0.3 is 10.6 Å². The molecule has 0 aliphatic carbocycles. The molecule has 18 heavy (non-hydrogen) atoms. The van der Waals surface area contributed by atoms with Gasteiger partial charge in [0.05, 0.1) is 5.56 Å². The molecule has 0 saturated carbocycles. The maximum absolute atomic E-state index is 13.7. The van der Waals surface area contributed by atoms with Gasteiger partial charge in [0.25, 0.3) is 5.91 Å². The van der Waals surface area contributed by atoms with Gasteiger partial charge >= 0.3 is 0 Å². The molecule has 1 aliphatic rings. The Morgan fingerprint density at radius 2 is 2.22 bits per heavy atom. The van der Waals surface area contributed by atoms with Crippen LogP contribution >= 0.6 is 35.0 Å². The molecule has 1 heterocycles. The molecule has 1 unspecified atom stereocenters. The number of nitrogens with two attached hydrogens (primary N) is 1. The Bertz CT molecular complexity index is 424. The molecule has 100 valence electrons. The number of hydrogen-bond acceptors (Lipinski definition) is 2. The third-order valence-electron chi connectivity index (χ3n) is 2.92. The summed E-state index contributed by atoms with van der Waals surface area (Å²) in [5.74, 6) is -0.705. The largest absolute Gasteiger partial charge is 0.337 e. The minimum Gasteiger partial charge on any atom is -0.337 e. The number of hydrogen-bond donors (Lipinski definition) is 1. The minimum atomic E-state index is -0.457. The highest BCUT2D eigenvalue weighted by Crippen LogP contribution is 2.20. The lowest BCUT2D eigenvalue weighted by Gasteiger charge is -2.31. The maximum atomic E-state index is 13.7. The van der Waals surface area contributed by atoms with E-state index in [0.717, 1.165) is 12.8 Å². The molecule has 0 aromatic heterocycles. The highest BCUT2D eigenvalue weighted by atomic mass is 127. The van der Waals surface area contributed by atoms with Crippen molar-refractivity contribution in [3.8, 4) is 0 Å². The summed E-state index contributed by atoms with van der Waals surface area (Å²) in [7, 11) is 0. The molecule has 2 N–H and O–H groups in total. The summed E-state index contributed by atoms with van der Waals surface area (Å²) in [6.07, 6.45) is 1.82. The number of piperidine rings is 1. The maximum Gasteiger partial charge on any atom is 0.257 e. The summed E-state index contributed by atoms with van der Waals surface area (Å²) >= 11 is 1.98. The van der Waals surface area contributed by atoms with Crippen LogP contribution in [0.2, 0.25) is 0 Å². The molecule has 2 rings (SSSR count). The van der Waals surface area contributed by atoms with Crippen LogP contribution in [0.15, 0.2) is 18.2 Å². The van der Waals surface area contributed by atoms with Gasteiger partial charge in [-0.1, -0.05) is 6.07 Å². The van der Waals surface area contributed by atoms with Gasteiger partial charge in [0, 0.05) is 22.7 Å². The molecule has 0 radical (unpaired) electrons. The van der Waals surface area contributed by atoms with Crippen molar-refractivity contribution in [1.82, 2.24) is 4.90 Å². The van der Waals surface area contributed by atoms with E-state index < -0.39 is 5.82 Å². The highest BCUT2D eigenvalue weighted by molar-refractivity contribution is 14.1. The van der Waals surface area contributed by atoms with Crippen LogP contribution in [0, 0.1) is 9.39 Å². The van der Waals surface area contributed by atoms with Gasteiger partial charge in [-0.05, 0) is 47.6 Å². The molecule has 1 amide bonds. The Labute approximate surface area is 125 Å². The molecule has 0 spiro atoms. The summed E-state index contributed by atoms with van der Waals surface area (Å²) < 4.78 is 14.3. The Morgan fingerprint density at radius 3 is 2.83 bits per heavy atom. The van der Waals surface area contributed by atoms with Gasteiger partial charge in [-0.2, -0.15) is 0 Å². The predicted molar refractivity (Wildman–Crippen MR) is 79.5 cm³/mol. The molecule has 1 aromatic carbocycles. The van der Waals surface area contributed by atoms with E-state index in [-0.39, 0.29) is 29.9 Å². The average molecular weight is 385 g/mol. The molecule has 1 aliphatic heterocycles. The minimum absolute atomic E-state index is 0. The van der Waals surface area contributed by atoms with Crippen LogP contribution in [0.4, 0.5) is 4.39 Å². The molecule has 1 aromatic rings. The van der Waals surface area contributed by atoms with Gasteiger partial charge in [0.1, 0.15) is 5.82 Å². The summed E-state index contributed by atoms with van der Waals surface area (Å²) in [5.41, 5.74) is 6.00. The van der Waals surface area contributed by atoms with Crippen molar-refractivity contribution in [3.63, 3.8) is 0 Å². The molecule has 6 heteroatoms. The SMILES string of the molecule is Cl.NC1CCCN(C(=O)c2c(F)cccc2I)C1. The van der Waals surface area contributed by atoms with E-state index in [9.17, 15) is 9.18 Å². The third kappa shape index (κ3) is 3.33. The highest BCUT2D eigenvalue weighted by Gasteiger charge is 2.25. The lowest BCUT2D eigenvalue weighted by Crippen LogP contribution is -2.46. The van der Waals surface area contributed by atoms with Crippen LogP contribution in [0.3, 0.4) is 0 Å². The Balaban J connectivity index is 0.00000162. The quantitative estimate of drug-likeness (QED) is 0.756. The Kier molecular flexibility index (Phi) is 5.81. The molecule has 3 nitrogen and oxygen atoms in total. The number of likely N-dealkylation sites (tertiary alicyclic amines) is 1. The average Bonchev–Trinajstić information content (AvgIpc) is 2.28. The van der Waals surface area contributed by atoms with Gasteiger partial charge in [-0.15, -0.1) is 12.4 Å². The van der Waals surface area contributed by atoms with Crippen molar-refractivity contribution in [2.45, 2.75) is 18.9 Å². The van der Waals surface area contributed by atoms with E-state index in [1.807, 2.05) is 22.6 Å². The van der Waals surface area contributed by atoms with Gasteiger partial charge in [0.15, 0.2) is 0 Å². The number of rotatable bonds is 1. The molecular formula is C12H15ClFIN2O. The number of carbonyl (C=O) groups excluding carboxylic acids is 1. The van der Waals surface area contributed by atoms with Gasteiger partial charge in [-0.3, -0.25) is 4.79 Å². The van der Waals surface area contributed by atoms with Crippen LogP contribution in [0.25, 0.3) is 0 Å². The molecule has 1 fully saturated rings. The van der Waals surface area contributed by atoms with Crippen LogP contribution < -0.4 is 5.73 Å². The van der Waals surface area contributed by atoms with E-state index in [1.165, 1.54) is 6.07 Å². The fraction of sp³-hybridized carbons (Fsp3) is 0.417. The normalized spacial score (nSPS) is 19.3. The summed E-state index contributed by atoms with van der Waals surface area (Å²) in [6.45, 7) is 1.18. The number of nitrogens with zero attached hydrogens (tertiary/aromatic N) is 1. The van der Waals surface area contributed by atoms with Crippen molar-refractivity contribution in [2.24, 2.45) is 5.73 Å². The van der Waals surface area contributed by atoms with E-state index >= 15 is 0 Å². The van der Waals surface area contributed by atoms with Crippen LogP contribution in [0.1, 0.15) is 23.2 Å². The van der Waals surface area contributed by atoms with E-state index in [4.69, 9.17) is 5.73 Å². The zero-order valence-electron chi connectivity index (χ0n) is 9.73. The van der Waals surface area contributed by atoms with Crippen molar-refractivity contribution in [1.29, 1.82) is 0 Å². The van der Waals surface area contributed by atoms with E-state index in [2.05, 4.69) is 0 Å². The fourth-order valence-corrected chi connectivity index (χ4v) is 2.75. The lowest BCUT2D eigenvalue weighted by molar-refractivity contribution is 0.0703. The second-order valence-electron chi connectivity index (χ2n) is 4.25. The summed E-state index contributed by atoms with van der Waals surface area (Å²) in [5, 5.41) is 0. The molecular weight excluding hydrogens is 369 g/mol. The smallest absolute Gasteiger partial charge is 0.257 e. The summed E-state index contributed by atoms with van der Waals surface area (Å²) in [6, 6.07) is 4.67. The van der Waals surface area contributed by atoms with Crippen LogP contribution in [-0.4, -0.2) is 29.9 Å². The van der Waals surface area contributed by atoms with Crippen LogP contribution in [-0.2, 0) is 0 Å².